The van der Waals surface area contributed by atoms with Gasteiger partial charge >= 0.3 is 11.8 Å². The van der Waals surface area contributed by atoms with Gasteiger partial charge in [0.2, 0.25) is 5.96 Å². The topological polar surface area (TPSA) is 230 Å². The number of benzene rings is 2. The molecule has 0 saturated heterocycles. The van der Waals surface area contributed by atoms with Crippen molar-refractivity contribution in [2.75, 3.05) is 25.5 Å². The van der Waals surface area contributed by atoms with E-state index in [0.29, 0.717) is 13.1 Å². The molecule has 0 radical (unpaired) electrons. The number of fused-ring (bicyclic) bond motifs is 14. The second-order valence-corrected chi connectivity index (χ2v) is 14.8. The maximum atomic E-state index is 14.4. The van der Waals surface area contributed by atoms with Crippen molar-refractivity contribution < 1.29 is 53.8 Å². The first-order valence-corrected chi connectivity index (χ1v) is 18.5. The van der Waals surface area contributed by atoms with Crippen LogP contribution in [0.3, 0.4) is 0 Å². The quantitative estimate of drug-likeness (QED) is 0.136. The number of esters is 1. The third-order valence-electron chi connectivity index (χ3n) is 10.7. The molecule has 0 saturated carbocycles. The first-order valence-electron chi connectivity index (χ1n) is 18.5. The number of phenols is 2. The van der Waals surface area contributed by atoms with Gasteiger partial charge in [-0.15, -0.1) is 10.2 Å². The molecule has 16 nitrogen and oxygen atoms in total. The van der Waals surface area contributed by atoms with Crippen molar-refractivity contribution in [2.24, 2.45) is 38.9 Å². The van der Waals surface area contributed by atoms with Gasteiger partial charge < -0.3 is 50.0 Å². The van der Waals surface area contributed by atoms with Crippen LogP contribution in [0, 0.1) is 30.6 Å². The van der Waals surface area contributed by atoms with E-state index in [1.54, 1.807) is 46.8 Å². The van der Waals surface area contributed by atoms with Crippen LogP contribution in [0.2, 0.25) is 0 Å². The van der Waals surface area contributed by atoms with Crippen LogP contribution in [-0.2, 0) is 23.8 Å². The number of amides is 1. The van der Waals surface area contributed by atoms with Crippen molar-refractivity contribution in [1.29, 1.82) is 0 Å². The van der Waals surface area contributed by atoms with Crippen LogP contribution in [0.4, 0.5) is 11.4 Å². The lowest BCUT2D eigenvalue weighted by atomic mass is 9.78. The number of phenolic OH excluding ortho intramolecular Hbond substituents is 2. The summed E-state index contributed by atoms with van der Waals surface area (Å²) in [6.45, 7) is 13.7. The Kier molecular flexibility index (Phi) is 12.6. The molecule has 6 rings (SSSR count). The molecular weight excluding hydrogens is 726 g/mol. The highest BCUT2D eigenvalue weighted by molar-refractivity contribution is 6.22. The number of rotatable bonds is 3. The average molecular weight is 778 g/mol. The summed E-state index contributed by atoms with van der Waals surface area (Å²) in [6, 6.07) is 1.32. The summed E-state index contributed by atoms with van der Waals surface area (Å²) in [7, 11) is 1.45. The van der Waals surface area contributed by atoms with Gasteiger partial charge in [0.05, 0.1) is 53.4 Å². The third kappa shape index (κ3) is 8.13. The number of allylic oxidation sites excluding steroid dienone is 2. The predicted molar refractivity (Wildman–Crippen MR) is 207 cm³/mol. The molecule has 1 amide bonds. The molecule has 0 aromatic heterocycles. The smallest absolute Gasteiger partial charge is 0.312 e. The fourth-order valence-corrected chi connectivity index (χ4v) is 7.28. The van der Waals surface area contributed by atoms with Crippen LogP contribution in [0.5, 0.6) is 17.2 Å². The van der Waals surface area contributed by atoms with Gasteiger partial charge in [0.25, 0.3) is 11.7 Å². The number of carbonyl (C=O) groups is 3. The molecule has 0 aliphatic carbocycles. The van der Waals surface area contributed by atoms with Gasteiger partial charge in [0, 0.05) is 67.7 Å². The molecule has 6 N–H and O–H groups in total. The zero-order chi connectivity index (χ0) is 41.2. The second-order valence-electron chi connectivity index (χ2n) is 14.8. The van der Waals surface area contributed by atoms with E-state index in [-0.39, 0.29) is 50.6 Å². The number of azo groups is 1. The van der Waals surface area contributed by atoms with Crippen LogP contribution >= 0.6 is 0 Å². The molecule has 56 heavy (non-hydrogen) atoms. The fourth-order valence-electron chi connectivity index (χ4n) is 7.28. The van der Waals surface area contributed by atoms with E-state index in [9.17, 15) is 34.8 Å². The minimum absolute atomic E-state index is 0.00167. The van der Waals surface area contributed by atoms with Gasteiger partial charge in [-0.2, -0.15) is 0 Å². The number of aromatic hydroxyl groups is 2. The molecule has 4 aliphatic heterocycles. The largest absolute Gasteiger partial charge is 0.507 e. The summed E-state index contributed by atoms with van der Waals surface area (Å²) in [4.78, 5) is 44.4. The van der Waals surface area contributed by atoms with Crippen molar-refractivity contribution in [1.82, 2.24) is 5.32 Å². The number of guanidine groups is 1. The number of ether oxygens (including phenoxy) is 4. The molecule has 2 aromatic rings. The van der Waals surface area contributed by atoms with E-state index in [1.165, 1.54) is 52.4 Å². The Morgan fingerprint density at radius 1 is 1.00 bits per heavy atom. The number of ketones is 1. The Labute approximate surface area is 325 Å². The van der Waals surface area contributed by atoms with Crippen LogP contribution in [0.1, 0.15) is 64.4 Å². The molecule has 4 heterocycles. The molecule has 0 fully saturated rings. The van der Waals surface area contributed by atoms with Crippen molar-refractivity contribution in [2.45, 2.75) is 85.6 Å². The van der Waals surface area contributed by atoms with Crippen LogP contribution < -0.4 is 15.4 Å². The normalized spacial score (nSPS) is 31.3. The van der Waals surface area contributed by atoms with Crippen molar-refractivity contribution in [3.8, 4) is 17.2 Å². The summed E-state index contributed by atoms with van der Waals surface area (Å²) in [5.74, 6) is -7.01. The monoisotopic (exact) mass is 777 g/mol. The highest BCUT2D eigenvalue weighted by Gasteiger charge is 2.49. The van der Waals surface area contributed by atoms with E-state index in [0.717, 1.165) is 0 Å². The molecule has 0 spiro atoms. The van der Waals surface area contributed by atoms with Gasteiger partial charge in [-0.3, -0.25) is 14.4 Å². The van der Waals surface area contributed by atoms with E-state index >= 15 is 0 Å². The van der Waals surface area contributed by atoms with Gasteiger partial charge in [-0.25, -0.2) is 4.99 Å². The fraction of sp³-hybridized carbons (Fsp3) is 0.500. The number of hydrogen-bond donors (Lipinski definition) is 6. The number of carbonyl (C=O) groups excluding carboxylic acids is 3. The number of methoxy groups -OCH3 is 1. The van der Waals surface area contributed by atoms with Crippen molar-refractivity contribution in [3.05, 3.63) is 53.3 Å². The Morgan fingerprint density at radius 3 is 2.36 bits per heavy atom. The molecule has 16 heteroatoms. The van der Waals surface area contributed by atoms with E-state index in [1.807, 2.05) is 0 Å². The number of aliphatic imine (C=N–C) groups is 1. The number of aliphatic hydroxyl groups excluding tert-OH is 2. The van der Waals surface area contributed by atoms with E-state index in [4.69, 9.17) is 18.9 Å². The molecule has 302 valence electrons. The number of anilines is 1. The predicted octanol–water partition coefficient (Wildman–Crippen LogP) is 5.09. The van der Waals surface area contributed by atoms with E-state index in [2.05, 4.69) is 25.9 Å². The lowest BCUT2D eigenvalue weighted by molar-refractivity contribution is -0.160. The molecule has 5 bridgehead atoms. The molecule has 2 aromatic carbocycles. The number of nitrogens with zero attached hydrogens (tertiary/aromatic N) is 3. The van der Waals surface area contributed by atoms with Crippen LogP contribution in [-0.4, -0.2) is 94.4 Å². The third-order valence-corrected chi connectivity index (χ3v) is 10.7. The molecular formula is C40H51N5O11. The van der Waals surface area contributed by atoms with Crippen molar-refractivity contribution in [3.63, 3.8) is 0 Å². The molecule has 4 aliphatic rings. The standard InChI is InChI=1S/C40H51N5O11/c1-18-11-10-12-19(2)38(52)43-26-17-25(44-45-39-41-14-15-42-39)28-29(34(26)50)33(49)23(6)36-30(28)37(51)40(8,56-36)54-16-13-27(53-9)20(3)35(55-24(7)46)22(5)32(48)21(4)31(18)47/h10-13,16-18,20-22,27,31-32,35,47-50H,14-15H2,1-9H3,(H,41,42)(H,43,52)/b11-10+,16-13+,19-12?,45-44?. The molecule has 9 atom stereocenters. The zero-order valence-electron chi connectivity index (χ0n) is 33.0. The lowest BCUT2D eigenvalue weighted by Crippen LogP contribution is -2.46. The number of hydrogen-bond acceptors (Lipinski definition) is 15. The number of Topliss-reactive ketones (excluding diaryl/α,β-unsaturated/α-hetero) is 1. The summed E-state index contributed by atoms with van der Waals surface area (Å²) in [5, 5.41) is 59.9. The Hall–Kier alpha value is -5.32. The highest BCUT2D eigenvalue weighted by atomic mass is 16.7. The minimum Gasteiger partial charge on any atom is -0.507 e. The maximum absolute atomic E-state index is 14.4. The Morgan fingerprint density at radius 2 is 1.71 bits per heavy atom. The van der Waals surface area contributed by atoms with Gasteiger partial charge in [-0.05, 0) is 26.0 Å². The first-order chi connectivity index (χ1) is 26.4. The summed E-state index contributed by atoms with van der Waals surface area (Å²) < 4.78 is 23.6. The lowest BCUT2D eigenvalue weighted by Gasteiger charge is -2.38. The van der Waals surface area contributed by atoms with Gasteiger partial charge in [0.1, 0.15) is 17.6 Å². The van der Waals surface area contributed by atoms with Crippen LogP contribution in [0.15, 0.2) is 57.4 Å². The van der Waals surface area contributed by atoms with Crippen molar-refractivity contribution >= 4 is 45.8 Å². The first kappa shape index (κ1) is 41.8. The summed E-state index contributed by atoms with van der Waals surface area (Å²) in [6.07, 6.45) is 3.74. The van der Waals surface area contributed by atoms with Gasteiger partial charge in [-0.1, -0.05) is 45.9 Å². The average Bonchev–Trinajstić information content (AvgIpc) is 3.78. The number of aliphatic hydroxyl groups is 2. The highest BCUT2D eigenvalue weighted by Crippen LogP contribution is 2.54. The Bertz CT molecular complexity index is 2040. The van der Waals surface area contributed by atoms with E-state index < -0.39 is 83.0 Å². The summed E-state index contributed by atoms with van der Waals surface area (Å²) >= 11 is 0. The van der Waals surface area contributed by atoms with Crippen LogP contribution in [0.25, 0.3) is 10.8 Å². The minimum atomic E-state index is -1.98. The SMILES string of the molecule is COC1/C=C/OC2(C)Oc3c(C)c(O)c4c(O)c(cc(N=NC5=NCCN5)c4c3C2=O)NC(=O)C(C)=C/C=C/C(C)C(O)C(C)C(O)C(C)C(OC(C)=O)C1C. The number of nitrogens with one attached hydrogen (secondary N) is 2. The maximum Gasteiger partial charge on any atom is 0.312 e. The van der Waals surface area contributed by atoms with Gasteiger partial charge in [0.15, 0.2) is 5.75 Å². The summed E-state index contributed by atoms with van der Waals surface area (Å²) in [5.41, 5.74) is 0.153. The molecule has 9 unspecified atom stereocenters. The zero-order valence-corrected chi connectivity index (χ0v) is 33.0. The Balaban J connectivity index is 1.69. The second kappa shape index (κ2) is 16.8.